The number of nitroso groups, excluding NO2 is 1. The molecule has 2 aliphatic heterocycles. The molecule has 1 aromatic carbocycles. The number of imide groups is 1. The molecule has 0 spiro atoms. The van der Waals surface area contributed by atoms with Crippen LogP contribution in [0.3, 0.4) is 0 Å². The second-order valence-electron chi connectivity index (χ2n) is 4.88. The Kier molecular flexibility index (Phi) is 3.98. The molecule has 124 valence electrons. The van der Waals surface area contributed by atoms with Gasteiger partial charge in [0.2, 0.25) is 5.91 Å². The molecule has 0 bridgehead atoms. The first-order chi connectivity index (χ1) is 11.4. The van der Waals surface area contributed by atoms with Crippen molar-refractivity contribution in [3.8, 4) is 0 Å². The Morgan fingerprint density at radius 3 is 2.42 bits per heavy atom. The molecular formula is C13H8Cl2N4O5. The number of carbonyl (C=O) groups excluding carboxylic acids is 3. The first kappa shape index (κ1) is 16.3. The molecule has 0 saturated carbocycles. The average Bonchev–Trinajstić information content (AvgIpc) is 3.06. The van der Waals surface area contributed by atoms with Gasteiger partial charge in [-0.05, 0) is 12.1 Å². The van der Waals surface area contributed by atoms with Gasteiger partial charge in [0.05, 0.1) is 28.1 Å². The van der Waals surface area contributed by atoms with E-state index in [4.69, 9.17) is 23.2 Å². The number of hydrogen-bond donors (Lipinski definition) is 0. The molecular weight excluding hydrogens is 363 g/mol. The van der Waals surface area contributed by atoms with Crippen molar-refractivity contribution in [1.82, 2.24) is 5.12 Å². The van der Waals surface area contributed by atoms with Crippen LogP contribution in [0.1, 0.15) is 0 Å². The van der Waals surface area contributed by atoms with E-state index in [9.17, 15) is 19.3 Å². The summed E-state index contributed by atoms with van der Waals surface area (Å²) < 4.78 is 4.53. The molecule has 11 heteroatoms. The first-order valence-corrected chi connectivity index (χ1v) is 7.29. The van der Waals surface area contributed by atoms with Gasteiger partial charge in [0.15, 0.2) is 11.8 Å². The molecule has 0 N–H and O–H groups in total. The minimum atomic E-state index is -1.38. The Bertz CT molecular complexity index is 791. The molecule has 0 unspecified atom stereocenters. The largest absolute Gasteiger partial charge is 0.464 e. The number of anilines is 1. The summed E-state index contributed by atoms with van der Waals surface area (Å²) in [5.41, 5.74) is -0.411. The number of fused-ring (bicyclic) bond motifs is 1. The molecule has 0 aliphatic carbocycles. The molecule has 9 nitrogen and oxygen atoms in total. The third-order valence-corrected chi connectivity index (χ3v) is 4.28. The predicted octanol–water partition coefficient (Wildman–Crippen LogP) is 1.38. The van der Waals surface area contributed by atoms with Crippen LogP contribution in [0, 0.1) is 10.8 Å². The maximum absolute atomic E-state index is 12.7. The molecule has 0 radical (unpaired) electrons. The van der Waals surface area contributed by atoms with Gasteiger partial charge in [-0.1, -0.05) is 29.3 Å². The Labute approximate surface area is 144 Å². The molecule has 2 aliphatic rings. The maximum Gasteiger partial charge on any atom is 0.355 e. The summed E-state index contributed by atoms with van der Waals surface area (Å²) in [6.07, 6.45) is 0. The van der Waals surface area contributed by atoms with E-state index >= 15 is 0 Å². The lowest BCUT2D eigenvalue weighted by molar-refractivity contribution is -0.133. The van der Waals surface area contributed by atoms with Crippen molar-refractivity contribution in [2.45, 2.75) is 6.04 Å². The van der Waals surface area contributed by atoms with Crippen LogP contribution in [0.2, 0.25) is 10.0 Å². The molecule has 0 aromatic heterocycles. The van der Waals surface area contributed by atoms with Crippen molar-refractivity contribution in [1.29, 1.82) is 0 Å². The van der Waals surface area contributed by atoms with Gasteiger partial charge >= 0.3 is 5.97 Å². The van der Waals surface area contributed by atoms with Crippen molar-refractivity contribution in [3.63, 3.8) is 0 Å². The quantitative estimate of drug-likeness (QED) is 0.451. The van der Waals surface area contributed by atoms with E-state index in [2.05, 4.69) is 15.1 Å². The Morgan fingerprint density at radius 2 is 1.88 bits per heavy atom. The van der Waals surface area contributed by atoms with Gasteiger partial charge in [-0.15, -0.1) is 15.1 Å². The van der Waals surface area contributed by atoms with Crippen LogP contribution in [0.4, 0.5) is 5.69 Å². The summed E-state index contributed by atoms with van der Waals surface area (Å²) in [5.74, 6) is -3.88. The number of benzene rings is 1. The minimum absolute atomic E-state index is 0.0275. The topological polar surface area (TPSA) is 109 Å². The number of para-hydroxylation sites is 1. The maximum atomic E-state index is 12.7. The highest BCUT2D eigenvalue weighted by atomic mass is 35.5. The summed E-state index contributed by atoms with van der Waals surface area (Å²) in [6, 6.07) is 3.06. The van der Waals surface area contributed by atoms with Crippen LogP contribution in [-0.2, 0) is 19.1 Å². The van der Waals surface area contributed by atoms with Gasteiger partial charge in [-0.3, -0.25) is 9.59 Å². The van der Waals surface area contributed by atoms with E-state index in [0.29, 0.717) is 5.12 Å². The van der Waals surface area contributed by atoms with Crippen LogP contribution >= 0.6 is 23.2 Å². The van der Waals surface area contributed by atoms with Crippen molar-refractivity contribution < 1.29 is 19.1 Å². The van der Waals surface area contributed by atoms with Crippen LogP contribution < -0.4 is 4.90 Å². The zero-order chi connectivity index (χ0) is 17.6. The van der Waals surface area contributed by atoms with Crippen LogP contribution in [0.15, 0.2) is 28.6 Å². The number of esters is 1. The number of hydrazone groups is 1. The SMILES string of the molecule is COC(=O)C1=NN(N=O)[C@@H]2C(=O)N(c3c(Cl)cccc3Cl)C(=O)[C@H]12. The van der Waals surface area contributed by atoms with Gasteiger partial charge in [0, 0.05) is 0 Å². The third-order valence-electron chi connectivity index (χ3n) is 3.67. The van der Waals surface area contributed by atoms with Gasteiger partial charge in [0.1, 0.15) is 5.92 Å². The normalized spacial score (nSPS) is 22.5. The van der Waals surface area contributed by atoms with Crippen molar-refractivity contribution in [2.75, 3.05) is 12.0 Å². The Hall–Kier alpha value is -2.52. The van der Waals surface area contributed by atoms with Gasteiger partial charge in [-0.2, -0.15) is 0 Å². The summed E-state index contributed by atoms with van der Waals surface area (Å²) in [5, 5.41) is 6.77. The molecule has 1 saturated heterocycles. The number of nitrogens with zero attached hydrogens (tertiary/aromatic N) is 4. The fourth-order valence-electron chi connectivity index (χ4n) is 2.66. The molecule has 2 atom stereocenters. The predicted molar refractivity (Wildman–Crippen MR) is 83.3 cm³/mol. The smallest absolute Gasteiger partial charge is 0.355 e. The zero-order valence-corrected chi connectivity index (χ0v) is 13.5. The molecule has 3 rings (SSSR count). The highest BCUT2D eigenvalue weighted by Gasteiger charge is 2.60. The van der Waals surface area contributed by atoms with Gasteiger partial charge in [-0.25, -0.2) is 9.69 Å². The van der Waals surface area contributed by atoms with E-state index in [1.54, 1.807) is 6.07 Å². The first-order valence-electron chi connectivity index (χ1n) is 6.53. The fourth-order valence-corrected chi connectivity index (χ4v) is 3.22. The molecule has 1 fully saturated rings. The minimum Gasteiger partial charge on any atom is -0.464 e. The van der Waals surface area contributed by atoms with Crippen molar-refractivity contribution >= 4 is 52.4 Å². The van der Waals surface area contributed by atoms with Gasteiger partial charge in [0.25, 0.3) is 5.91 Å². The number of carbonyl (C=O) groups is 3. The standard InChI is InChI=1S/C13H8Cl2N4O5/c1-24-13(22)8-7-10(19(16-8)17-23)12(21)18(11(7)20)9-5(14)3-2-4-6(9)15/h2-4,7,10H,1H3/t7-,10+/m1/s1. The van der Waals surface area contributed by atoms with Crippen molar-refractivity contribution in [3.05, 3.63) is 33.2 Å². The highest BCUT2D eigenvalue weighted by molar-refractivity contribution is 6.48. The lowest BCUT2D eigenvalue weighted by atomic mass is 9.98. The van der Waals surface area contributed by atoms with E-state index < -0.39 is 29.7 Å². The second kappa shape index (κ2) is 5.84. The van der Waals surface area contributed by atoms with Crippen LogP contribution in [-0.4, -0.2) is 41.8 Å². The Morgan fingerprint density at radius 1 is 1.25 bits per heavy atom. The summed E-state index contributed by atoms with van der Waals surface area (Å²) in [7, 11) is 1.08. The van der Waals surface area contributed by atoms with Gasteiger partial charge < -0.3 is 4.74 Å². The highest BCUT2D eigenvalue weighted by Crippen LogP contribution is 2.41. The molecule has 2 amide bonds. The van der Waals surface area contributed by atoms with E-state index in [1.807, 2.05) is 0 Å². The summed E-state index contributed by atoms with van der Waals surface area (Å²) >= 11 is 12.1. The van der Waals surface area contributed by atoms with E-state index in [-0.39, 0.29) is 21.4 Å². The lowest BCUT2D eigenvalue weighted by Gasteiger charge is -2.19. The van der Waals surface area contributed by atoms with Crippen LogP contribution in [0.5, 0.6) is 0 Å². The Balaban J connectivity index is 2.11. The number of methoxy groups -OCH3 is 1. The number of halogens is 2. The molecule has 2 heterocycles. The monoisotopic (exact) mass is 370 g/mol. The number of hydrogen-bond acceptors (Lipinski definition) is 7. The third kappa shape index (κ3) is 2.16. The summed E-state index contributed by atoms with van der Waals surface area (Å²) in [6.45, 7) is 0. The fraction of sp³-hybridized carbons (Fsp3) is 0.231. The number of ether oxygens (including phenoxy) is 1. The molecule has 24 heavy (non-hydrogen) atoms. The number of rotatable bonds is 3. The second-order valence-corrected chi connectivity index (χ2v) is 5.70. The van der Waals surface area contributed by atoms with Crippen molar-refractivity contribution in [2.24, 2.45) is 16.3 Å². The molecule has 1 aromatic rings. The zero-order valence-electron chi connectivity index (χ0n) is 12.0. The lowest BCUT2D eigenvalue weighted by Crippen LogP contribution is -2.37. The average molecular weight is 371 g/mol. The van der Waals surface area contributed by atoms with E-state index in [1.165, 1.54) is 12.1 Å². The van der Waals surface area contributed by atoms with Crippen LogP contribution in [0.25, 0.3) is 0 Å². The number of amides is 2. The van der Waals surface area contributed by atoms with E-state index in [0.717, 1.165) is 12.0 Å². The summed E-state index contributed by atoms with van der Waals surface area (Å²) in [4.78, 5) is 48.8.